The van der Waals surface area contributed by atoms with Gasteiger partial charge >= 0.3 is 5.97 Å². The van der Waals surface area contributed by atoms with E-state index >= 15 is 0 Å². The van der Waals surface area contributed by atoms with Gasteiger partial charge in [0.25, 0.3) is 0 Å². The monoisotopic (exact) mass is 211 g/mol. The smallest absolute Gasteiger partial charge is 0.338 e. The molecule has 1 atom stereocenters. The number of allylic oxidation sites excluding steroid dienone is 1. The first-order valence-corrected chi connectivity index (χ1v) is 4.27. The van der Waals surface area contributed by atoms with Gasteiger partial charge in [-0.25, -0.2) is 4.79 Å². The van der Waals surface area contributed by atoms with E-state index in [1.165, 1.54) is 24.3 Å². The van der Waals surface area contributed by atoms with Crippen LogP contribution in [0.3, 0.4) is 0 Å². The van der Waals surface area contributed by atoms with Crippen LogP contribution in [-0.4, -0.2) is 12.0 Å². The minimum atomic E-state index is -3.41. The van der Waals surface area contributed by atoms with E-state index in [0.29, 0.717) is 0 Å². The van der Waals surface area contributed by atoms with Crippen molar-refractivity contribution >= 4 is 5.97 Å². The first kappa shape index (κ1) is 3.78. The highest BCUT2D eigenvalue weighted by molar-refractivity contribution is 5.89. The van der Waals surface area contributed by atoms with Crippen LogP contribution in [-0.2, 0) is 4.74 Å². The van der Waals surface area contributed by atoms with E-state index in [1.807, 2.05) is 0 Å². The van der Waals surface area contributed by atoms with Gasteiger partial charge in [-0.15, -0.1) is 0 Å². The minimum absolute atomic E-state index is 0.0478. The molecule has 2 heteroatoms. The summed E-state index contributed by atoms with van der Waals surface area (Å²) in [7, 11) is 0. The summed E-state index contributed by atoms with van der Waals surface area (Å²) in [5, 5.41) is 0. The largest absolute Gasteiger partial charge is 0.455 e. The summed E-state index contributed by atoms with van der Waals surface area (Å²) < 4.78 is 74.6. The number of carbonyl (C=O) groups is 1. The van der Waals surface area contributed by atoms with Crippen molar-refractivity contribution < 1.29 is 21.9 Å². The Morgan fingerprint density at radius 3 is 3.13 bits per heavy atom. The summed E-state index contributed by atoms with van der Waals surface area (Å²) in [4.78, 5) is 12.1. The van der Waals surface area contributed by atoms with Crippen LogP contribution in [0.4, 0.5) is 0 Å². The van der Waals surface area contributed by atoms with Crippen molar-refractivity contribution in [3.05, 3.63) is 48.0 Å². The van der Waals surface area contributed by atoms with E-state index < -0.39 is 43.3 Å². The van der Waals surface area contributed by atoms with Crippen molar-refractivity contribution in [2.45, 2.75) is 25.2 Å². The Morgan fingerprint density at radius 2 is 2.33 bits per heavy atom. The van der Waals surface area contributed by atoms with E-state index in [9.17, 15) is 4.79 Å². The number of benzene rings is 1. The summed E-state index contributed by atoms with van der Waals surface area (Å²) in [5.74, 6) is -1.18. The molecule has 0 aliphatic heterocycles. The molecule has 0 amide bonds. The van der Waals surface area contributed by atoms with Crippen LogP contribution in [0.1, 0.15) is 41.8 Å². The number of carbonyl (C=O) groups excluding carboxylic acids is 1. The van der Waals surface area contributed by atoms with Gasteiger partial charge in [0, 0.05) is 8.22 Å². The van der Waals surface area contributed by atoms with Gasteiger partial charge < -0.3 is 4.74 Å². The molecule has 0 aromatic heterocycles. The molecule has 2 nitrogen and oxygen atoms in total. The van der Waals surface area contributed by atoms with E-state index in [4.69, 9.17) is 17.1 Å². The van der Waals surface area contributed by atoms with Crippen LogP contribution in [0, 0.1) is 0 Å². The average Bonchev–Trinajstić information content (AvgIpc) is 2.52. The highest BCUT2D eigenvalue weighted by Gasteiger charge is 2.14. The van der Waals surface area contributed by atoms with Gasteiger partial charge in [-0.2, -0.15) is 0 Å². The molecular formula is C13H14O2. The lowest BCUT2D eigenvalue weighted by molar-refractivity contribution is 0.0370. The first-order valence-electron chi connectivity index (χ1n) is 8.77. The van der Waals surface area contributed by atoms with Crippen molar-refractivity contribution in [1.29, 1.82) is 0 Å². The molecule has 0 heterocycles. The highest BCUT2D eigenvalue weighted by atomic mass is 16.5. The fourth-order valence-corrected chi connectivity index (χ4v) is 1.02. The van der Waals surface area contributed by atoms with Gasteiger partial charge in [-0.1, -0.05) is 24.3 Å². The second-order valence-electron chi connectivity index (χ2n) is 2.71. The zero-order valence-corrected chi connectivity index (χ0v) is 7.70. The molecule has 0 saturated carbocycles. The molecule has 1 aliphatic carbocycles. The zero-order chi connectivity index (χ0) is 18.6. The second-order valence-corrected chi connectivity index (χ2v) is 2.71. The Hall–Kier alpha value is -1.57. The fraction of sp³-hybridized carbons (Fsp3) is 0.308. The number of rotatable bonds is 2. The number of ether oxygens (including phenoxy) is 1. The molecule has 1 aromatic carbocycles. The van der Waals surface area contributed by atoms with Crippen LogP contribution in [0.15, 0.2) is 42.4 Å². The second kappa shape index (κ2) is 4.78. The molecule has 0 fully saturated rings. The summed E-state index contributed by atoms with van der Waals surface area (Å²) in [6, 6.07) is 4.77. The van der Waals surface area contributed by atoms with Crippen LogP contribution >= 0.6 is 0 Å². The third-order valence-electron chi connectivity index (χ3n) is 1.68. The molecule has 0 bridgehead atoms. The van der Waals surface area contributed by atoms with Gasteiger partial charge in [0.15, 0.2) is 0 Å². The van der Waals surface area contributed by atoms with E-state index in [2.05, 4.69) is 0 Å². The molecule has 0 spiro atoms. The van der Waals surface area contributed by atoms with Crippen molar-refractivity contribution in [2.75, 3.05) is 0 Å². The number of esters is 1. The molecule has 2 rings (SSSR count). The van der Waals surface area contributed by atoms with Crippen LogP contribution in [0.25, 0.3) is 0 Å². The lowest BCUT2D eigenvalue weighted by Gasteiger charge is -2.16. The molecule has 0 saturated heterocycles. The molecular weight excluding hydrogens is 188 g/mol. The third kappa shape index (κ3) is 2.69. The summed E-state index contributed by atoms with van der Waals surface area (Å²) in [6.45, 7) is 0. The lowest BCUT2D eigenvalue weighted by atomic mass is 10.1. The summed E-state index contributed by atoms with van der Waals surface area (Å²) in [6.07, 6.45) is -13.1. The molecule has 0 radical (unpaired) electrons. The van der Waals surface area contributed by atoms with Crippen molar-refractivity contribution in [1.82, 2.24) is 0 Å². The maximum absolute atomic E-state index is 12.1. The van der Waals surface area contributed by atoms with Crippen LogP contribution in [0.2, 0.25) is 0 Å². The Bertz CT molecular complexity index is 699. The molecule has 15 heavy (non-hydrogen) atoms. The molecule has 0 N–H and O–H groups in total. The van der Waals surface area contributed by atoms with E-state index in [1.54, 1.807) is 6.07 Å². The molecule has 1 aromatic rings. The van der Waals surface area contributed by atoms with Crippen LogP contribution in [0.5, 0.6) is 0 Å². The zero-order valence-electron chi connectivity index (χ0n) is 16.7. The number of hydrogen-bond acceptors (Lipinski definition) is 2. The summed E-state index contributed by atoms with van der Waals surface area (Å²) >= 11 is 0. The highest BCUT2D eigenvalue weighted by Crippen LogP contribution is 2.15. The maximum atomic E-state index is 12.1. The van der Waals surface area contributed by atoms with Gasteiger partial charge in [-0.3, -0.25) is 0 Å². The van der Waals surface area contributed by atoms with E-state index in [-0.39, 0.29) is 5.56 Å². The lowest BCUT2D eigenvalue weighted by Crippen LogP contribution is -2.17. The van der Waals surface area contributed by atoms with Gasteiger partial charge in [-0.05, 0) is 37.3 Å². The SMILES string of the molecule is [2H]C1=C([2H])[C@]([2H])(OC(=O)c2ccccc2)C([2H])([2H])C([2H])([2H])C1([2H])[2H]. The molecule has 1 aliphatic rings. The Balaban J connectivity index is 2.58. The predicted octanol–water partition coefficient (Wildman–Crippen LogP) is 2.95. The third-order valence-corrected chi connectivity index (χ3v) is 1.68. The maximum Gasteiger partial charge on any atom is 0.338 e. The molecule has 0 unspecified atom stereocenters. The van der Waals surface area contributed by atoms with E-state index in [0.717, 1.165) is 0 Å². The standard InChI is InChI=1S/C13H14O2/c14-13(11-7-3-1-4-8-11)15-12-9-5-2-6-10-12/h1,3-5,7-9,12H,2,6,10H2/t12-/m0/s1/i2D2,5D,6D2,9D,10D2,12D. The minimum Gasteiger partial charge on any atom is -0.455 e. The van der Waals surface area contributed by atoms with Crippen molar-refractivity contribution in [3.63, 3.8) is 0 Å². The Labute approximate surface area is 102 Å². The Kier molecular flexibility index (Phi) is 1.20. The van der Waals surface area contributed by atoms with Gasteiger partial charge in [0.2, 0.25) is 0 Å². The van der Waals surface area contributed by atoms with Gasteiger partial charge in [0.05, 0.1) is 9.68 Å². The van der Waals surface area contributed by atoms with Crippen molar-refractivity contribution in [2.24, 2.45) is 0 Å². The Morgan fingerprint density at radius 1 is 1.53 bits per heavy atom. The first-order chi connectivity index (χ1) is 10.8. The quantitative estimate of drug-likeness (QED) is 0.555. The summed E-state index contributed by atoms with van der Waals surface area (Å²) in [5.41, 5.74) is -0.0478. The average molecular weight is 211 g/mol. The fourth-order valence-electron chi connectivity index (χ4n) is 1.02. The normalized spacial score (nSPS) is 44.9. The molecule has 78 valence electrons. The van der Waals surface area contributed by atoms with Crippen LogP contribution < -0.4 is 0 Å². The van der Waals surface area contributed by atoms with Gasteiger partial charge in [0.1, 0.15) is 6.08 Å². The van der Waals surface area contributed by atoms with Crippen molar-refractivity contribution in [3.8, 4) is 0 Å². The topological polar surface area (TPSA) is 26.3 Å². The number of hydrogen-bond donors (Lipinski definition) is 0. The predicted molar refractivity (Wildman–Crippen MR) is 58.6 cm³/mol.